The molecule has 0 aliphatic heterocycles. The van der Waals surface area contributed by atoms with Gasteiger partial charge >= 0.3 is 77.6 Å². The summed E-state index contributed by atoms with van der Waals surface area (Å²) in [6.45, 7) is 0. The van der Waals surface area contributed by atoms with Gasteiger partial charge in [0.1, 0.15) is 0 Å². The van der Waals surface area contributed by atoms with Crippen LogP contribution in [0.1, 0.15) is 0 Å². The van der Waals surface area contributed by atoms with Crippen molar-refractivity contribution < 1.29 is 81.4 Å². The third-order valence-corrected chi connectivity index (χ3v) is 0.740. The molecule has 0 aliphatic rings. The second kappa shape index (κ2) is 8.96. The largest absolute Gasteiger partial charge is 3.00 e. The van der Waals surface area contributed by atoms with Gasteiger partial charge < -0.3 is 30.0 Å². The van der Waals surface area contributed by atoms with Crippen molar-refractivity contribution in [1.82, 2.24) is 0 Å². The van der Waals surface area contributed by atoms with Crippen molar-refractivity contribution >= 4 is 38.1 Å². The average Bonchev–Trinajstić information content (AvgIpc) is 1.84. The Bertz CT molecular complexity index is 144. The van der Waals surface area contributed by atoms with Crippen LogP contribution in [-0.4, -0.2) is 50.3 Å². The van der Waals surface area contributed by atoms with Crippen molar-refractivity contribution in [3.05, 3.63) is 0 Å². The summed E-state index contributed by atoms with van der Waals surface area (Å²) >= 11 is 0. The monoisotopic (exact) mass is 394 g/mol. The second-order valence-electron chi connectivity index (χ2n) is 1.48. The molecule has 0 aromatic carbocycles. The van der Waals surface area contributed by atoms with Crippen molar-refractivity contribution in [3.8, 4) is 0 Å². The topological polar surface area (TPSA) is 126 Å². The number of carbonyl (C=O) groups is 2. The Kier molecular flexibility index (Phi) is 14.2. The van der Waals surface area contributed by atoms with E-state index in [1.807, 2.05) is 0 Å². The molecule has 2 atom stereocenters. The van der Waals surface area contributed by atoms with Crippen LogP contribution in [0.25, 0.3) is 0 Å². The predicted octanol–water partition coefficient (Wildman–Crippen LogP) is -9.43. The molecule has 60 valence electrons. The SMILES string of the molecule is O=C([O-])[C@H]([O-])[C@@H]([O-])C(=O)[O-].[Bi+3].[K+]. The maximum absolute atomic E-state index is 9.97. The van der Waals surface area contributed by atoms with E-state index < -0.39 is 24.1 Å². The number of aliphatic carboxylic acids is 2. The fourth-order valence-corrected chi connectivity index (χ4v) is 0.247. The number of carboxylic acids is 2. The first-order valence-corrected chi connectivity index (χ1v) is 2.20. The molecule has 0 amide bonds. The Morgan fingerprint density at radius 1 is 0.917 bits per heavy atom. The molecule has 6 nitrogen and oxygen atoms in total. The Labute approximate surface area is 130 Å². The van der Waals surface area contributed by atoms with Gasteiger partial charge in [-0.3, -0.25) is 0 Å². The minimum atomic E-state index is -2.80. The minimum Gasteiger partial charge on any atom is -0.848 e. The third-order valence-electron chi connectivity index (χ3n) is 0.740. The fourth-order valence-electron chi connectivity index (χ4n) is 0.247. The number of rotatable bonds is 3. The smallest absolute Gasteiger partial charge is 0.848 e. The van der Waals surface area contributed by atoms with Crippen molar-refractivity contribution in [2.75, 3.05) is 0 Å². The fraction of sp³-hybridized carbons (Fsp3) is 0.500. The van der Waals surface area contributed by atoms with E-state index in [-0.39, 0.29) is 77.6 Å². The molecule has 0 rings (SSSR count). The summed E-state index contributed by atoms with van der Waals surface area (Å²) in [7, 11) is 0. The molecule has 0 aliphatic carbocycles. The molecule has 0 bridgehead atoms. The van der Waals surface area contributed by atoms with Crippen LogP contribution in [-0.2, 0) is 9.59 Å². The zero-order chi connectivity index (χ0) is 8.31. The van der Waals surface area contributed by atoms with Crippen LogP contribution in [0.3, 0.4) is 0 Å². The average molecular weight is 394 g/mol. The molecule has 0 spiro atoms. The van der Waals surface area contributed by atoms with Gasteiger partial charge in [0.25, 0.3) is 0 Å². The molecular weight excluding hydrogens is 392 g/mol. The summed E-state index contributed by atoms with van der Waals surface area (Å²) < 4.78 is 0. The van der Waals surface area contributed by atoms with Crippen LogP contribution in [0, 0.1) is 0 Å². The first kappa shape index (κ1) is 19.0. The van der Waals surface area contributed by atoms with Gasteiger partial charge in [-0.25, -0.2) is 0 Å². The first-order valence-electron chi connectivity index (χ1n) is 2.20. The molecule has 0 saturated heterocycles. The van der Waals surface area contributed by atoms with Gasteiger partial charge in [-0.2, -0.15) is 0 Å². The van der Waals surface area contributed by atoms with E-state index in [0.29, 0.717) is 0 Å². The van der Waals surface area contributed by atoms with Crippen LogP contribution in [0.2, 0.25) is 0 Å². The zero-order valence-electron chi connectivity index (χ0n) is 6.05. The summed E-state index contributed by atoms with van der Waals surface area (Å²) in [5.41, 5.74) is 0. The summed E-state index contributed by atoms with van der Waals surface area (Å²) in [6, 6.07) is 0. The van der Waals surface area contributed by atoms with E-state index in [4.69, 9.17) is 0 Å². The van der Waals surface area contributed by atoms with E-state index in [2.05, 4.69) is 0 Å². The minimum absolute atomic E-state index is 0. The quantitative estimate of drug-likeness (QED) is 0.438. The van der Waals surface area contributed by atoms with Crippen molar-refractivity contribution in [2.24, 2.45) is 0 Å². The predicted molar refractivity (Wildman–Crippen MR) is 23.3 cm³/mol. The van der Waals surface area contributed by atoms with Crippen LogP contribution in [0.15, 0.2) is 0 Å². The van der Waals surface area contributed by atoms with Crippen LogP contribution in [0.4, 0.5) is 0 Å². The number of hydrogen-bond donors (Lipinski definition) is 0. The van der Waals surface area contributed by atoms with Crippen molar-refractivity contribution in [2.45, 2.75) is 12.2 Å². The number of carbonyl (C=O) groups excluding carboxylic acids is 2. The standard InChI is InChI=1S/C4H4O6.Bi.K/c5-1(3(7)8)2(6)4(9)10;;/h1-2H,(H,7,8)(H,9,10);;/q-2;+3;+1/p-2/t1-,2-;;/m1../s1. The molecule has 0 aromatic rings. The van der Waals surface area contributed by atoms with E-state index in [0.717, 1.165) is 0 Å². The van der Waals surface area contributed by atoms with Crippen molar-refractivity contribution in [3.63, 3.8) is 0 Å². The summed E-state index contributed by atoms with van der Waals surface area (Å²) in [6.07, 6.45) is -5.60. The zero-order valence-corrected chi connectivity index (χ0v) is 12.7. The maximum Gasteiger partial charge on any atom is 3.00 e. The van der Waals surface area contributed by atoms with Gasteiger partial charge in [0, 0.05) is 11.9 Å². The molecule has 2 radical (unpaired) electrons. The van der Waals surface area contributed by atoms with Gasteiger partial charge in [0.2, 0.25) is 0 Å². The molecule has 0 heterocycles. The Balaban J connectivity index is -0.000000405. The van der Waals surface area contributed by atoms with Gasteiger partial charge in [-0.15, -0.1) is 0 Å². The maximum atomic E-state index is 9.97. The summed E-state index contributed by atoms with van der Waals surface area (Å²) in [5, 5.41) is 39.0. The summed E-state index contributed by atoms with van der Waals surface area (Å²) in [4.78, 5) is 19.1. The Morgan fingerprint density at radius 2 is 1.08 bits per heavy atom. The van der Waals surface area contributed by atoms with Crippen LogP contribution in [0.5, 0.6) is 0 Å². The normalized spacial score (nSPS) is 13.2. The van der Waals surface area contributed by atoms with Gasteiger partial charge in [0.15, 0.2) is 0 Å². The first-order chi connectivity index (χ1) is 4.46. The van der Waals surface area contributed by atoms with Crippen LogP contribution < -0.4 is 71.8 Å². The molecule has 8 heteroatoms. The van der Waals surface area contributed by atoms with E-state index >= 15 is 0 Å². The number of hydrogen-bond acceptors (Lipinski definition) is 6. The molecule has 0 fully saturated rings. The third kappa shape index (κ3) is 6.85. The Hall–Kier alpha value is 1.38. The van der Waals surface area contributed by atoms with Crippen LogP contribution >= 0.6 is 0 Å². The second-order valence-corrected chi connectivity index (χ2v) is 1.48. The van der Waals surface area contributed by atoms with E-state index in [1.54, 1.807) is 0 Å². The van der Waals surface area contributed by atoms with E-state index in [1.165, 1.54) is 0 Å². The van der Waals surface area contributed by atoms with Gasteiger partial charge in [0.05, 0.1) is 0 Å². The number of carboxylic acid groups (broad SMARTS) is 2. The molecular formula is C4H2BiKO6. The Morgan fingerprint density at radius 3 is 1.17 bits per heavy atom. The molecule has 0 saturated carbocycles. The van der Waals surface area contributed by atoms with Gasteiger partial charge in [-0.1, -0.05) is 12.2 Å². The molecule has 0 unspecified atom stereocenters. The van der Waals surface area contributed by atoms with Gasteiger partial charge in [-0.05, 0) is 0 Å². The van der Waals surface area contributed by atoms with Crippen molar-refractivity contribution in [1.29, 1.82) is 0 Å². The molecule has 0 aromatic heterocycles. The molecule has 0 N–H and O–H groups in total. The van der Waals surface area contributed by atoms with E-state index in [9.17, 15) is 30.0 Å². The summed E-state index contributed by atoms with van der Waals surface area (Å²) in [5.74, 6) is -4.46. The molecule has 12 heavy (non-hydrogen) atoms.